The summed E-state index contributed by atoms with van der Waals surface area (Å²) >= 11 is 0. The second-order valence-electron chi connectivity index (χ2n) is 4.62. The molecule has 2 rings (SSSR count). The van der Waals surface area contributed by atoms with Gasteiger partial charge in [-0.2, -0.15) is 0 Å². The Morgan fingerprint density at radius 1 is 1.56 bits per heavy atom. The molecule has 0 fully saturated rings. The predicted octanol–water partition coefficient (Wildman–Crippen LogP) is 2.65. The van der Waals surface area contributed by atoms with Crippen LogP contribution in [0.5, 0.6) is 11.5 Å². The lowest BCUT2D eigenvalue weighted by atomic mass is 9.87. The number of hydrogen-bond acceptors (Lipinski definition) is 3. The van der Waals surface area contributed by atoms with Gasteiger partial charge in [-0.05, 0) is 19.4 Å². The molecule has 0 amide bonds. The van der Waals surface area contributed by atoms with Gasteiger partial charge in [0, 0.05) is 24.1 Å². The molecule has 1 aromatic rings. The van der Waals surface area contributed by atoms with Gasteiger partial charge in [-0.15, -0.1) is 0 Å². The van der Waals surface area contributed by atoms with Crippen LogP contribution in [0.25, 0.3) is 0 Å². The summed E-state index contributed by atoms with van der Waals surface area (Å²) in [5, 5.41) is 0. The Morgan fingerprint density at radius 3 is 2.94 bits per heavy atom. The zero-order valence-electron chi connectivity index (χ0n) is 10.1. The second-order valence-corrected chi connectivity index (χ2v) is 4.62. The highest BCUT2D eigenvalue weighted by Gasteiger charge is 2.34. The SMILES string of the molecule is CCC1(C)C[C@H](N)c2ccc(OC)cc2O1. The van der Waals surface area contributed by atoms with E-state index in [4.69, 9.17) is 15.2 Å². The molecule has 0 bridgehead atoms. The van der Waals surface area contributed by atoms with Crippen LogP contribution in [0.15, 0.2) is 18.2 Å². The van der Waals surface area contributed by atoms with Crippen molar-refractivity contribution in [3.8, 4) is 11.5 Å². The molecule has 1 unspecified atom stereocenters. The Hall–Kier alpha value is -1.22. The van der Waals surface area contributed by atoms with Gasteiger partial charge >= 0.3 is 0 Å². The first-order chi connectivity index (χ1) is 7.58. The standard InChI is InChI=1S/C13H19NO2/c1-4-13(2)8-11(14)10-6-5-9(15-3)7-12(10)16-13/h5-7,11H,4,8,14H2,1-3H3/t11-,13?/m0/s1. The molecule has 0 radical (unpaired) electrons. The summed E-state index contributed by atoms with van der Waals surface area (Å²) in [7, 11) is 1.66. The van der Waals surface area contributed by atoms with Crippen LogP contribution in [0.2, 0.25) is 0 Å². The van der Waals surface area contributed by atoms with E-state index in [0.29, 0.717) is 0 Å². The number of nitrogens with two attached hydrogens (primary N) is 1. The fraction of sp³-hybridized carbons (Fsp3) is 0.538. The minimum absolute atomic E-state index is 0.0552. The summed E-state index contributed by atoms with van der Waals surface area (Å²) in [5.41, 5.74) is 7.09. The first kappa shape index (κ1) is 11.3. The number of rotatable bonds is 2. The van der Waals surface area contributed by atoms with E-state index in [1.54, 1.807) is 7.11 Å². The summed E-state index contributed by atoms with van der Waals surface area (Å²) in [4.78, 5) is 0. The third-order valence-corrected chi connectivity index (χ3v) is 3.38. The van der Waals surface area contributed by atoms with Crippen LogP contribution in [0.3, 0.4) is 0 Å². The molecule has 0 spiro atoms. The van der Waals surface area contributed by atoms with Crippen molar-refractivity contribution in [1.82, 2.24) is 0 Å². The minimum atomic E-state index is -0.154. The van der Waals surface area contributed by atoms with Crippen molar-refractivity contribution in [1.29, 1.82) is 0 Å². The van der Waals surface area contributed by atoms with E-state index in [1.165, 1.54) is 0 Å². The smallest absolute Gasteiger partial charge is 0.128 e. The summed E-state index contributed by atoms with van der Waals surface area (Å²) in [6.07, 6.45) is 1.82. The average molecular weight is 221 g/mol. The fourth-order valence-corrected chi connectivity index (χ4v) is 2.14. The minimum Gasteiger partial charge on any atom is -0.497 e. The maximum Gasteiger partial charge on any atom is 0.128 e. The highest BCUT2D eigenvalue weighted by atomic mass is 16.5. The lowest BCUT2D eigenvalue weighted by Gasteiger charge is -2.38. The van der Waals surface area contributed by atoms with Crippen LogP contribution in [-0.4, -0.2) is 12.7 Å². The Labute approximate surface area is 96.5 Å². The van der Waals surface area contributed by atoms with Gasteiger partial charge in [-0.3, -0.25) is 0 Å². The summed E-state index contributed by atoms with van der Waals surface area (Å²) in [5.74, 6) is 1.67. The van der Waals surface area contributed by atoms with Crippen LogP contribution in [0.1, 0.15) is 38.3 Å². The quantitative estimate of drug-likeness (QED) is 0.835. The molecule has 3 nitrogen and oxygen atoms in total. The van der Waals surface area contributed by atoms with Gasteiger partial charge in [0.25, 0.3) is 0 Å². The zero-order chi connectivity index (χ0) is 11.8. The van der Waals surface area contributed by atoms with Gasteiger partial charge in [-0.1, -0.05) is 13.0 Å². The number of benzene rings is 1. The van der Waals surface area contributed by atoms with E-state index in [1.807, 2.05) is 18.2 Å². The largest absolute Gasteiger partial charge is 0.497 e. The Bertz CT molecular complexity index is 392. The number of hydrogen-bond donors (Lipinski definition) is 1. The Morgan fingerprint density at radius 2 is 2.31 bits per heavy atom. The van der Waals surface area contributed by atoms with Gasteiger partial charge in [0.2, 0.25) is 0 Å². The van der Waals surface area contributed by atoms with Gasteiger partial charge in [0.1, 0.15) is 17.1 Å². The van der Waals surface area contributed by atoms with Crippen LogP contribution in [0.4, 0.5) is 0 Å². The third-order valence-electron chi connectivity index (χ3n) is 3.38. The molecule has 2 N–H and O–H groups in total. The van der Waals surface area contributed by atoms with Crippen LogP contribution in [0, 0.1) is 0 Å². The lowest BCUT2D eigenvalue weighted by molar-refractivity contribution is 0.0500. The maximum atomic E-state index is 6.17. The van der Waals surface area contributed by atoms with Gasteiger partial charge < -0.3 is 15.2 Å². The number of methoxy groups -OCH3 is 1. The normalized spacial score (nSPS) is 28.1. The highest BCUT2D eigenvalue weighted by molar-refractivity contribution is 5.44. The summed E-state index contributed by atoms with van der Waals surface area (Å²) in [6.45, 7) is 4.23. The van der Waals surface area contributed by atoms with E-state index < -0.39 is 0 Å². The first-order valence-corrected chi connectivity index (χ1v) is 5.70. The molecule has 1 aliphatic rings. The topological polar surface area (TPSA) is 44.5 Å². The van der Waals surface area contributed by atoms with Gasteiger partial charge in [-0.25, -0.2) is 0 Å². The molecule has 1 aliphatic heterocycles. The molecule has 2 atom stereocenters. The molecule has 0 aromatic heterocycles. The van der Waals surface area contributed by atoms with E-state index in [9.17, 15) is 0 Å². The number of fused-ring (bicyclic) bond motifs is 1. The monoisotopic (exact) mass is 221 g/mol. The van der Waals surface area contributed by atoms with E-state index in [0.717, 1.165) is 29.9 Å². The van der Waals surface area contributed by atoms with Gasteiger partial charge in [0.05, 0.1) is 7.11 Å². The maximum absolute atomic E-state index is 6.17. The molecule has 3 heteroatoms. The van der Waals surface area contributed by atoms with Crippen molar-refractivity contribution in [2.45, 2.75) is 38.3 Å². The van der Waals surface area contributed by atoms with Crippen molar-refractivity contribution in [2.75, 3.05) is 7.11 Å². The first-order valence-electron chi connectivity index (χ1n) is 5.70. The summed E-state index contributed by atoms with van der Waals surface area (Å²) < 4.78 is 11.2. The molecule has 0 saturated heterocycles. The van der Waals surface area contributed by atoms with Crippen molar-refractivity contribution in [3.63, 3.8) is 0 Å². The highest BCUT2D eigenvalue weighted by Crippen LogP contribution is 2.41. The summed E-state index contributed by atoms with van der Waals surface area (Å²) in [6, 6.07) is 5.90. The van der Waals surface area contributed by atoms with Crippen molar-refractivity contribution < 1.29 is 9.47 Å². The molecule has 88 valence electrons. The fourth-order valence-electron chi connectivity index (χ4n) is 2.14. The molecule has 16 heavy (non-hydrogen) atoms. The molecule has 0 aliphatic carbocycles. The van der Waals surface area contributed by atoms with E-state index in [-0.39, 0.29) is 11.6 Å². The van der Waals surface area contributed by atoms with E-state index in [2.05, 4.69) is 13.8 Å². The number of ether oxygens (including phenoxy) is 2. The van der Waals surface area contributed by atoms with Crippen LogP contribution < -0.4 is 15.2 Å². The molecule has 1 aromatic carbocycles. The molecular weight excluding hydrogens is 202 g/mol. The zero-order valence-corrected chi connectivity index (χ0v) is 10.1. The molecular formula is C13H19NO2. The lowest BCUT2D eigenvalue weighted by Crippen LogP contribution is -2.39. The van der Waals surface area contributed by atoms with E-state index >= 15 is 0 Å². The Balaban J connectivity index is 2.39. The van der Waals surface area contributed by atoms with Crippen molar-refractivity contribution >= 4 is 0 Å². The van der Waals surface area contributed by atoms with Gasteiger partial charge in [0.15, 0.2) is 0 Å². The van der Waals surface area contributed by atoms with Crippen LogP contribution in [-0.2, 0) is 0 Å². The second kappa shape index (κ2) is 3.98. The molecule has 0 saturated carbocycles. The third kappa shape index (κ3) is 1.87. The average Bonchev–Trinajstić information content (AvgIpc) is 2.28. The van der Waals surface area contributed by atoms with Crippen LogP contribution >= 0.6 is 0 Å². The Kier molecular flexibility index (Phi) is 2.80. The van der Waals surface area contributed by atoms with Crippen molar-refractivity contribution in [3.05, 3.63) is 23.8 Å². The molecule has 1 heterocycles. The predicted molar refractivity (Wildman–Crippen MR) is 63.9 cm³/mol. The van der Waals surface area contributed by atoms with Crippen molar-refractivity contribution in [2.24, 2.45) is 5.73 Å².